The number of aromatic nitrogens is 3. The number of nitrogens with two attached hydrogens (primary N) is 2. The van der Waals surface area contributed by atoms with E-state index < -0.39 is 0 Å². The van der Waals surface area contributed by atoms with E-state index in [0.717, 1.165) is 31.7 Å². The van der Waals surface area contributed by atoms with Crippen molar-refractivity contribution in [1.29, 1.82) is 0 Å². The van der Waals surface area contributed by atoms with Crippen LogP contribution in [-0.4, -0.2) is 53.1 Å². The highest BCUT2D eigenvalue weighted by atomic mass is 19.1. The quantitative estimate of drug-likeness (QED) is 0.660. The van der Waals surface area contributed by atoms with E-state index in [4.69, 9.17) is 16.2 Å². The van der Waals surface area contributed by atoms with E-state index in [0.29, 0.717) is 22.8 Å². The lowest BCUT2D eigenvalue weighted by Crippen LogP contribution is -2.44. The summed E-state index contributed by atoms with van der Waals surface area (Å²) in [6, 6.07) is 8.59. The zero-order valence-electron chi connectivity index (χ0n) is 16.8. The molecule has 156 valence electrons. The smallest absolute Gasteiger partial charge is 0.258 e. The second kappa shape index (κ2) is 8.50. The van der Waals surface area contributed by atoms with Gasteiger partial charge in [-0.1, -0.05) is 6.07 Å². The van der Waals surface area contributed by atoms with Gasteiger partial charge in [0.05, 0.1) is 17.6 Å². The van der Waals surface area contributed by atoms with Gasteiger partial charge in [-0.3, -0.25) is 0 Å². The van der Waals surface area contributed by atoms with Crippen molar-refractivity contribution in [2.75, 3.05) is 49.6 Å². The molecule has 3 heterocycles. The average molecular weight is 409 g/mol. The maximum atomic E-state index is 14.8. The highest BCUT2D eigenvalue weighted by Crippen LogP contribution is 2.28. The monoisotopic (exact) mass is 409 g/mol. The molecule has 8 nitrogen and oxygen atoms in total. The minimum atomic E-state index is -0.287. The fourth-order valence-corrected chi connectivity index (χ4v) is 3.33. The fraction of sp³-hybridized carbons (Fsp3) is 0.286. The maximum Gasteiger partial charge on any atom is 0.258 e. The Bertz CT molecular complexity index is 1040. The molecule has 1 aliphatic rings. The van der Waals surface area contributed by atoms with E-state index in [1.807, 2.05) is 6.07 Å². The Labute approximate surface area is 174 Å². The van der Waals surface area contributed by atoms with Gasteiger partial charge in [0.1, 0.15) is 18.2 Å². The number of hydrogen-bond donors (Lipinski definition) is 2. The van der Waals surface area contributed by atoms with Crippen LogP contribution in [0.5, 0.6) is 5.88 Å². The zero-order valence-corrected chi connectivity index (χ0v) is 16.8. The molecule has 2 aromatic heterocycles. The van der Waals surface area contributed by atoms with Gasteiger partial charge < -0.3 is 26.0 Å². The summed E-state index contributed by atoms with van der Waals surface area (Å²) in [6.07, 6.45) is 3.11. The first-order valence-corrected chi connectivity index (χ1v) is 9.69. The molecule has 3 aromatic rings. The Morgan fingerprint density at radius 1 is 1.07 bits per heavy atom. The van der Waals surface area contributed by atoms with Crippen LogP contribution in [0.15, 0.2) is 42.7 Å². The third-order valence-corrected chi connectivity index (χ3v) is 5.08. The first-order chi connectivity index (χ1) is 14.5. The number of hydrogen-bond acceptors (Lipinski definition) is 8. The van der Waals surface area contributed by atoms with E-state index in [2.05, 4.69) is 31.8 Å². The van der Waals surface area contributed by atoms with Crippen LogP contribution in [0.1, 0.15) is 5.56 Å². The van der Waals surface area contributed by atoms with Crippen molar-refractivity contribution in [3.8, 4) is 17.1 Å². The van der Waals surface area contributed by atoms with Crippen LogP contribution in [0.3, 0.4) is 0 Å². The highest BCUT2D eigenvalue weighted by Gasteiger charge is 2.18. The lowest BCUT2D eigenvalue weighted by molar-refractivity contribution is 0.295. The summed E-state index contributed by atoms with van der Waals surface area (Å²) in [5.74, 6) is 0.465. The van der Waals surface area contributed by atoms with Crippen LogP contribution in [0.25, 0.3) is 11.3 Å². The molecule has 0 spiro atoms. The average Bonchev–Trinajstić information content (AvgIpc) is 2.74. The molecule has 1 aliphatic heterocycles. The van der Waals surface area contributed by atoms with Crippen molar-refractivity contribution in [2.45, 2.75) is 6.61 Å². The second-order valence-corrected chi connectivity index (χ2v) is 7.28. The van der Waals surface area contributed by atoms with E-state index in [1.165, 1.54) is 12.3 Å². The third-order valence-electron chi connectivity index (χ3n) is 5.08. The number of likely N-dealkylation sites (N-methyl/N-ethyl adjacent to an activating group) is 1. The SMILES string of the molecule is CN1CCN(c2ccc(-c3cnc(N)c(OCc4ccnc(N)c4)n3)cc2F)CC1. The van der Waals surface area contributed by atoms with Crippen molar-refractivity contribution in [2.24, 2.45) is 0 Å². The minimum Gasteiger partial charge on any atom is -0.470 e. The van der Waals surface area contributed by atoms with Crippen molar-refractivity contribution in [3.05, 3.63) is 54.1 Å². The third kappa shape index (κ3) is 4.41. The van der Waals surface area contributed by atoms with Gasteiger partial charge in [0.2, 0.25) is 0 Å². The van der Waals surface area contributed by atoms with Crippen LogP contribution < -0.4 is 21.1 Å². The molecule has 0 saturated carbocycles. The Morgan fingerprint density at radius 3 is 2.60 bits per heavy atom. The molecule has 9 heteroatoms. The molecule has 1 aromatic carbocycles. The number of anilines is 3. The van der Waals surface area contributed by atoms with Gasteiger partial charge in [0, 0.05) is 37.9 Å². The van der Waals surface area contributed by atoms with Gasteiger partial charge >= 0.3 is 0 Å². The lowest BCUT2D eigenvalue weighted by Gasteiger charge is -2.34. The first kappa shape index (κ1) is 19.8. The molecule has 0 atom stereocenters. The lowest BCUT2D eigenvalue weighted by atomic mass is 10.1. The molecule has 0 amide bonds. The van der Waals surface area contributed by atoms with Crippen LogP contribution in [0.4, 0.5) is 21.7 Å². The van der Waals surface area contributed by atoms with E-state index in [1.54, 1.807) is 24.4 Å². The predicted octanol–water partition coefficient (Wildman–Crippen LogP) is 2.17. The summed E-state index contributed by atoms with van der Waals surface area (Å²) in [5, 5.41) is 0. The molecule has 1 fully saturated rings. The molecule has 1 saturated heterocycles. The Morgan fingerprint density at radius 2 is 1.87 bits per heavy atom. The van der Waals surface area contributed by atoms with E-state index in [-0.39, 0.29) is 24.1 Å². The number of ether oxygens (including phenoxy) is 1. The van der Waals surface area contributed by atoms with Gasteiger partial charge in [0.25, 0.3) is 5.88 Å². The van der Waals surface area contributed by atoms with Crippen LogP contribution in [-0.2, 0) is 6.61 Å². The van der Waals surface area contributed by atoms with Crippen molar-refractivity contribution >= 4 is 17.3 Å². The van der Waals surface area contributed by atoms with Crippen LogP contribution in [0.2, 0.25) is 0 Å². The number of nitrogens with zero attached hydrogens (tertiary/aromatic N) is 5. The number of pyridine rings is 1. The fourth-order valence-electron chi connectivity index (χ4n) is 3.33. The van der Waals surface area contributed by atoms with Crippen molar-refractivity contribution in [3.63, 3.8) is 0 Å². The summed E-state index contributed by atoms with van der Waals surface area (Å²) in [7, 11) is 2.07. The second-order valence-electron chi connectivity index (χ2n) is 7.28. The minimum absolute atomic E-state index is 0.162. The normalized spacial score (nSPS) is 14.7. The number of piperazine rings is 1. The van der Waals surface area contributed by atoms with Gasteiger partial charge in [0.15, 0.2) is 5.82 Å². The highest BCUT2D eigenvalue weighted by molar-refractivity contribution is 5.65. The van der Waals surface area contributed by atoms with Crippen LogP contribution >= 0.6 is 0 Å². The molecule has 30 heavy (non-hydrogen) atoms. The summed E-state index contributed by atoms with van der Waals surface area (Å²) in [6.45, 7) is 3.63. The molecule has 0 unspecified atom stereocenters. The van der Waals surface area contributed by atoms with E-state index >= 15 is 0 Å². The largest absolute Gasteiger partial charge is 0.470 e. The Kier molecular flexibility index (Phi) is 5.62. The molecular formula is C21H24FN7O. The molecule has 0 bridgehead atoms. The van der Waals surface area contributed by atoms with Crippen LogP contribution in [0, 0.1) is 5.82 Å². The Hall–Kier alpha value is -3.46. The van der Waals surface area contributed by atoms with Crippen molar-refractivity contribution < 1.29 is 9.13 Å². The summed E-state index contributed by atoms with van der Waals surface area (Å²) in [4.78, 5) is 16.8. The predicted molar refractivity (Wildman–Crippen MR) is 115 cm³/mol. The summed E-state index contributed by atoms with van der Waals surface area (Å²) < 4.78 is 20.5. The van der Waals surface area contributed by atoms with E-state index in [9.17, 15) is 4.39 Å². The molecule has 0 aliphatic carbocycles. The maximum absolute atomic E-state index is 14.8. The first-order valence-electron chi connectivity index (χ1n) is 9.69. The van der Waals surface area contributed by atoms with Crippen molar-refractivity contribution in [1.82, 2.24) is 19.9 Å². The van der Waals surface area contributed by atoms with Gasteiger partial charge in [-0.25, -0.2) is 19.3 Å². The van der Waals surface area contributed by atoms with Gasteiger partial charge in [-0.05, 0) is 36.9 Å². The summed E-state index contributed by atoms with van der Waals surface area (Å²) >= 11 is 0. The topological polar surface area (TPSA) is 106 Å². The molecular weight excluding hydrogens is 385 g/mol. The van der Waals surface area contributed by atoms with Gasteiger partial charge in [-0.15, -0.1) is 0 Å². The molecule has 4 N–H and O–H groups in total. The molecule has 0 radical (unpaired) electrons. The number of rotatable bonds is 5. The molecule has 4 rings (SSSR count). The number of benzene rings is 1. The Balaban J connectivity index is 1.52. The zero-order chi connectivity index (χ0) is 21.1. The van der Waals surface area contributed by atoms with Gasteiger partial charge in [-0.2, -0.15) is 0 Å². The standard InChI is InChI=1S/C21H24FN7O/c1-28-6-8-29(9-7-28)18-3-2-15(11-16(18)22)17-12-26-20(24)21(27-17)30-13-14-4-5-25-19(23)10-14/h2-5,10-12H,6-9,13H2,1H3,(H2,23,25)(H2,24,26). The summed E-state index contributed by atoms with van der Waals surface area (Å²) in [5.41, 5.74) is 14.1. The number of halogens is 1. The number of nitrogen functional groups attached to an aromatic ring is 2.